The highest BCUT2D eigenvalue weighted by Gasteiger charge is 2.58. The van der Waals surface area contributed by atoms with Crippen molar-refractivity contribution in [2.24, 2.45) is 35.0 Å². The van der Waals surface area contributed by atoms with Crippen LogP contribution in [0.15, 0.2) is 0 Å². The molecule has 0 N–H and O–H groups in total. The van der Waals surface area contributed by atoms with Crippen molar-refractivity contribution >= 4 is 0 Å². The van der Waals surface area contributed by atoms with E-state index in [1.807, 2.05) is 5.92 Å². The molecule has 0 spiro atoms. The Labute approximate surface area is 106 Å². The van der Waals surface area contributed by atoms with Crippen molar-refractivity contribution in [2.75, 3.05) is 0 Å². The molecule has 0 aromatic rings. The summed E-state index contributed by atoms with van der Waals surface area (Å²) in [5, 5.41) is 0. The summed E-state index contributed by atoms with van der Waals surface area (Å²) in [7, 11) is 0. The fraction of sp³-hybridized carbons (Fsp3) is 0.941. The number of fused-ring (bicyclic) bond motifs is 2. The Morgan fingerprint density at radius 3 is 1.88 bits per heavy atom. The summed E-state index contributed by atoms with van der Waals surface area (Å²) < 4.78 is 0. The van der Waals surface area contributed by atoms with E-state index in [-0.39, 0.29) is 0 Å². The van der Waals surface area contributed by atoms with Crippen LogP contribution < -0.4 is 0 Å². The molecule has 0 heterocycles. The second-order valence-corrected chi connectivity index (χ2v) is 8.34. The van der Waals surface area contributed by atoms with Crippen molar-refractivity contribution in [3.8, 4) is 0 Å². The summed E-state index contributed by atoms with van der Waals surface area (Å²) >= 11 is 0. The van der Waals surface area contributed by atoms with Crippen molar-refractivity contribution in [2.45, 2.75) is 64.2 Å². The highest BCUT2D eigenvalue weighted by atomic mass is 14.6. The van der Waals surface area contributed by atoms with Crippen LogP contribution in [0.5, 0.6) is 0 Å². The summed E-state index contributed by atoms with van der Waals surface area (Å²) in [4.78, 5) is 0. The van der Waals surface area contributed by atoms with E-state index in [1.54, 1.807) is 57.8 Å². The zero-order valence-electron chi connectivity index (χ0n) is 11.0. The van der Waals surface area contributed by atoms with Crippen LogP contribution in [0.3, 0.4) is 0 Å². The largest absolute Gasteiger partial charge is 0.0499 e. The van der Waals surface area contributed by atoms with Gasteiger partial charge in [0, 0.05) is 0 Å². The lowest BCUT2D eigenvalue weighted by molar-refractivity contribution is -0.0851. The molecule has 0 saturated heterocycles. The fourth-order valence-electron chi connectivity index (χ4n) is 7.27. The standard InChI is InChI=1S/C17H25/c1-2-15-6-11(1)7-16(15)17-8-12-3-13(9-17)5-14(4-12)10-17/h11-14,16H,1-10H2. The Morgan fingerprint density at radius 2 is 1.41 bits per heavy atom. The van der Waals surface area contributed by atoms with Crippen LogP contribution in [-0.2, 0) is 0 Å². The summed E-state index contributed by atoms with van der Waals surface area (Å²) in [5.41, 5.74) is 0.846. The minimum atomic E-state index is 0.846. The Balaban J connectivity index is 1.50. The van der Waals surface area contributed by atoms with Crippen molar-refractivity contribution in [1.82, 2.24) is 0 Å². The first-order valence-electron chi connectivity index (χ1n) is 8.15. The quantitative estimate of drug-likeness (QED) is 0.616. The van der Waals surface area contributed by atoms with Crippen LogP contribution in [0, 0.1) is 40.9 Å². The lowest BCUT2D eigenvalue weighted by atomic mass is 9.45. The molecule has 6 aliphatic rings. The topological polar surface area (TPSA) is 0 Å². The molecule has 2 atom stereocenters. The van der Waals surface area contributed by atoms with Crippen LogP contribution in [0.4, 0.5) is 0 Å². The van der Waals surface area contributed by atoms with Gasteiger partial charge in [0.25, 0.3) is 0 Å². The van der Waals surface area contributed by atoms with Gasteiger partial charge in [-0.3, -0.25) is 0 Å². The summed E-state index contributed by atoms with van der Waals surface area (Å²) in [6.45, 7) is 0. The molecule has 0 heteroatoms. The molecule has 6 rings (SSSR count). The van der Waals surface area contributed by atoms with Gasteiger partial charge in [-0.25, -0.2) is 0 Å². The summed E-state index contributed by atoms with van der Waals surface area (Å²) in [5.74, 6) is 7.73. The Kier molecular flexibility index (Phi) is 1.81. The van der Waals surface area contributed by atoms with Crippen LogP contribution in [0.25, 0.3) is 0 Å². The van der Waals surface area contributed by atoms with Gasteiger partial charge in [0.2, 0.25) is 0 Å². The van der Waals surface area contributed by atoms with Gasteiger partial charge in [0.05, 0.1) is 0 Å². The van der Waals surface area contributed by atoms with Crippen molar-refractivity contribution < 1.29 is 0 Å². The van der Waals surface area contributed by atoms with E-state index in [4.69, 9.17) is 0 Å². The molecule has 17 heavy (non-hydrogen) atoms. The second kappa shape index (κ2) is 3.11. The lowest BCUT2D eigenvalue weighted by Crippen LogP contribution is -2.50. The van der Waals surface area contributed by atoms with Gasteiger partial charge in [-0.2, -0.15) is 0 Å². The van der Waals surface area contributed by atoms with Crippen LogP contribution in [0.2, 0.25) is 0 Å². The molecule has 0 amide bonds. The maximum Gasteiger partial charge on any atom is -0.0202 e. The van der Waals surface area contributed by atoms with Crippen LogP contribution in [0.1, 0.15) is 64.2 Å². The van der Waals surface area contributed by atoms with E-state index >= 15 is 0 Å². The zero-order chi connectivity index (χ0) is 11.0. The van der Waals surface area contributed by atoms with E-state index < -0.39 is 0 Å². The third-order valence-corrected chi connectivity index (χ3v) is 7.31. The highest BCUT2D eigenvalue weighted by molar-refractivity contribution is 5.18. The third kappa shape index (κ3) is 1.25. The fourth-order valence-corrected chi connectivity index (χ4v) is 7.27. The van der Waals surface area contributed by atoms with Gasteiger partial charge in [0.1, 0.15) is 0 Å². The van der Waals surface area contributed by atoms with E-state index in [9.17, 15) is 0 Å². The normalized spacial score (nSPS) is 60.4. The van der Waals surface area contributed by atoms with Gasteiger partial charge >= 0.3 is 0 Å². The first-order chi connectivity index (χ1) is 8.31. The maximum atomic E-state index is 2.04. The molecular formula is C17H25. The number of hydrogen-bond donors (Lipinski definition) is 0. The molecule has 6 aliphatic carbocycles. The SMILES string of the molecule is C1CC2C[C]1C(C13CC4CC(CC(C4)C1)C3)C2. The van der Waals surface area contributed by atoms with Crippen molar-refractivity contribution in [3.63, 3.8) is 0 Å². The van der Waals surface area contributed by atoms with E-state index in [1.165, 1.54) is 6.42 Å². The molecule has 2 unspecified atom stereocenters. The van der Waals surface area contributed by atoms with Gasteiger partial charge in [-0.05, 0) is 105 Å². The third-order valence-electron chi connectivity index (χ3n) is 7.31. The van der Waals surface area contributed by atoms with E-state index in [2.05, 4.69) is 0 Å². The molecule has 0 aromatic carbocycles. The van der Waals surface area contributed by atoms with E-state index in [0.717, 1.165) is 35.0 Å². The molecule has 0 nitrogen and oxygen atoms in total. The molecule has 0 aliphatic heterocycles. The lowest BCUT2D eigenvalue weighted by Gasteiger charge is -2.60. The minimum Gasteiger partial charge on any atom is -0.0499 e. The Hall–Kier alpha value is 0. The molecule has 93 valence electrons. The monoisotopic (exact) mass is 229 g/mol. The second-order valence-electron chi connectivity index (χ2n) is 8.34. The Morgan fingerprint density at radius 1 is 0.765 bits per heavy atom. The van der Waals surface area contributed by atoms with E-state index in [0.29, 0.717) is 0 Å². The predicted octanol–water partition coefficient (Wildman–Crippen LogP) is 4.60. The van der Waals surface area contributed by atoms with Gasteiger partial charge in [0.15, 0.2) is 0 Å². The maximum absolute atomic E-state index is 2.04. The van der Waals surface area contributed by atoms with Gasteiger partial charge < -0.3 is 0 Å². The molecule has 6 fully saturated rings. The smallest absolute Gasteiger partial charge is 0.0202 e. The first-order valence-corrected chi connectivity index (χ1v) is 8.15. The van der Waals surface area contributed by atoms with Crippen molar-refractivity contribution in [1.29, 1.82) is 0 Å². The minimum absolute atomic E-state index is 0.846. The molecular weight excluding hydrogens is 204 g/mol. The molecule has 1 radical (unpaired) electrons. The zero-order valence-corrected chi connectivity index (χ0v) is 11.0. The average molecular weight is 229 g/mol. The molecule has 6 saturated carbocycles. The molecule has 6 bridgehead atoms. The average Bonchev–Trinajstić information content (AvgIpc) is 2.88. The highest BCUT2D eigenvalue weighted by Crippen LogP contribution is 2.68. The number of hydrogen-bond acceptors (Lipinski definition) is 0. The van der Waals surface area contributed by atoms with Crippen LogP contribution in [-0.4, -0.2) is 0 Å². The summed E-state index contributed by atoms with van der Waals surface area (Å²) in [6.07, 6.45) is 16.0. The predicted molar refractivity (Wildman–Crippen MR) is 69.3 cm³/mol. The first kappa shape index (κ1) is 9.87. The molecule has 0 aromatic heterocycles. The summed E-state index contributed by atoms with van der Waals surface area (Å²) in [6, 6.07) is 0. The Bertz CT molecular complexity index is 307. The van der Waals surface area contributed by atoms with Crippen molar-refractivity contribution in [3.05, 3.63) is 5.92 Å². The number of rotatable bonds is 1. The van der Waals surface area contributed by atoms with Gasteiger partial charge in [-0.1, -0.05) is 0 Å². The van der Waals surface area contributed by atoms with Crippen LogP contribution >= 0.6 is 0 Å². The van der Waals surface area contributed by atoms with Gasteiger partial charge in [-0.15, -0.1) is 0 Å².